The number of rotatable bonds is 5. The van der Waals surface area contributed by atoms with Crippen molar-refractivity contribution in [3.05, 3.63) is 77.3 Å². The summed E-state index contributed by atoms with van der Waals surface area (Å²) in [6.07, 6.45) is 1.29. The Morgan fingerprint density at radius 3 is 2.86 bits per heavy atom. The minimum Gasteiger partial charge on any atom is -0.493 e. The molecule has 4 rings (SSSR count). The summed E-state index contributed by atoms with van der Waals surface area (Å²) in [5.74, 6) is 1.19. The lowest BCUT2D eigenvalue weighted by molar-refractivity contribution is -0.116. The Hall–Kier alpha value is -3.06. The summed E-state index contributed by atoms with van der Waals surface area (Å²) < 4.78 is 5.81. The number of nitrogens with zero attached hydrogens (tertiary/aromatic N) is 3. The summed E-state index contributed by atoms with van der Waals surface area (Å²) in [5, 5.41) is 11.3. The van der Waals surface area contributed by atoms with Gasteiger partial charge in [-0.1, -0.05) is 54.2 Å². The Balaban J connectivity index is 1.91. The van der Waals surface area contributed by atoms with Crippen molar-refractivity contribution in [2.24, 2.45) is 10.1 Å². The predicted octanol–water partition coefficient (Wildman–Crippen LogP) is 2.15. The molecule has 6 nitrogen and oxygen atoms in total. The van der Waals surface area contributed by atoms with E-state index in [2.05, 4.69) is 11.9 Å². The summed E-state index contributed by atoms with van der Waals surface area (Å²) in [4.78, 5) is 17.9. The van der Waals surface area contributed by atoms with Crippen molar-refractivity contribution >= 4 is 28.5 Å². The molecule has 0 radical (unpaired) electrons. The van der Waals surface area contributed by atoms with E-state index in [-0.39, 0.29) is 5.91 Å². The summed E-state index contributed by atoms with van der Waals surface area (Å²) >= 11 is 1.42. The fourth-order valence-corrected chi connectivity index (χ4v) is 3.80. The maximum atomic E-state index is 13.0. The van der Waals surface area contributed by atoms with Gasteiger partial charge >= 0.3 is 0 Å². The minimum atomic E-state index is -0.488. The summed E-state index contributed by atoms with van der Waals surface area (Å²) in [7, 11) is 0. The van der Waals surface area contributed by atoms with Crippen molar-refractivity contribution in [1.29, 1.82) is 0 Å². The molecule has 0 saturated carbocycles. The van der Waals surface area contributed by atoms with Gasteiger partial charge in [0.25, 0.3) is 5.91 Å². The van der Waals surface area contributed by atoms with Crippen molar-refractivity contribution in [1.82, 2.24) is 10.3 Å². The number of nitrogens with one attached hydrogen (secondary N) is 1. The van der Waals surface area contributed by atoms with Crippen LogP contribution < -0.4 is 20.6 Å². The van der Waals surface area contributed by atoms with Crippen molar-refractivity contribution < 1.29 is 9.53 Å². The van der Waals surface area contributed by atoms with Gasteiger partial charge in [-0.3, -0.25) is 15.1 Å². The number of ether oxygens (including phenoxy) is 1. The van der Waals surface area contributed by atoms with Gasteiger partial charge in [0, 0.05) is 16.5 Å². The van der Waals surface area contributed by atoms with Crippen molar-refractivity contribution in [2.45, 2.75) is 13.1 Å². The molecule has 1 amide bonds. The van der Waals surface area contributed by atoms with E-state index in [1.54, 1.807) is 11.1 Å². The molecule has 7 heteroatoms. The first-order valence-corrected chi connectivity index (χ1v) is 10.0. The molecule has 0 bridgehead atoms. The molecule has 1 unspecified atom stereocenters. The number of hydrogen-bond acceptors (Lipinski definition) is 6. The quantitative estimate of drug-likeness (QED) is 0.792. The first-order chi connectivity index (χ1) is 13.7. The van der Waals surface area contributed by atoms with Crippen LogP contribution in [0.15, 0.2) is 71.3 Å². The Bertz CT molecular complexity index is 1080. The van der Waals surface area contributed by atoms with Crippen LogP contribution in [0.2, 0.25) is 0 Å². The van der Waals surface area contributed by atoms with Gasteiger partial charge in [0.1, 0.15) is 11.4 Å². The Labute approximate surface area is 167 Å². The Morgan fingerprint density at radius 2 is 2.04 bits per heavy atom. The molecule has 2 aromatic rings. The van der Waals surface area contributed by atoms with Gasteiger partial charge in [-0.05, 0) is 19.1 Å². The normalized spacial score (nSPS) is 17.7. The lowest BCUT2D eigenvalue weighted by Gasteiger charge is -2.34. The number of para-hydroxylation sites is 2. The highest BCUT2D eigenvalue weighted by Gasteiger charge is 2.35. The Morgan fingerprint density at radius 1 is 1.25 bits per heavy atom. The van der Waals surface area contributed by atoms with Crippen LogP contribution in [0.3, 0.4) is 0 Å². The van der Waals surface area contributed by atoms with Gasteiger partial charge in [-0.2, -0.15) is 0 Å². The van der Waals surface area contributed by atoms with E-state index in [0.29, 0.717) is 23.2 Å². The third-order valence-corrected chi connectivity index (χ3v) is 5.21. The van der Waals surface area contributed by atoms with Crippen LogP contribution in [0.25, 0.3) is 5.70 Å². The highest BCUT2D eigenvalue weighted by Crippen LogP contribution is 2.35. The molecular formula is C21H20N4O2S. The highest BCUT2D eigenvalue weighted by molar-refractivity contribution is 8.14. The molecule has 2 aliphatic rings. The fourth-order valence-electron chi connectivity index (χ4n) is 3.21. The average molecular weight is 392 g/mol. The van der Waals surface area contributed by atoms with E-state index in [9.17, 15) is 4.79 Å². The minimum absolute atomic E-state index is 0.192. The molecule has 0 fully saturated rings. The maximum Gasteiger partial charge on any atom is 0.276 e. The number of thioether (sulfide) groups is 1. The van der Waals surface area contributed by atoms with E-state index in [4.69, 9.17) is 14.8 Å². The van der Waals surface area contributed by atoms with E-state index in [1.165, 1.54) is 11.8 Å². The highest BCUT2D eigenvalue weighted by atomic mass is 32.2. The second kappa shape index (κ2) is 7.90. The van der Waals surface area contributed by atoms with Crippen LogP contribution in [0.5, 0.6) is 5.75 Å². The van der Waals surface area contributed by atoms with Gasteiger partial charge in [0.2, 0.25) is 0 Å². The third kappa shape index (κ3) is 3.29. The molecule has 0 aromatic heterocycles. The van der Waals surface area contributed by atoms with E-state index >= 15 is 0 Å². The zero-order valence-electron chi connectivity index (χ0n) is 15.5. The van der Waals surface area contributed by atoms with Gasteiger partial charge < -0.3 is 4.74 Å². The number of hydrazone groups is 1. The van der Waals surface area contributed by atoms with Gasteiger partial charge in [-0.15, -0.1) is 11.7 Å². The van der Waals surface area contributed by atoms with Crippen LogP contribution >= 0.6 is 11.8 Å². The summed E-state index contributed by atoms with van der Waals surface area (Å²) in [6, 6.07) is 15.4. The molecule has 28 heavy (non-hydrogen) atoms. The second-order valence-electron chi connectivity index (χ2n) is 6.14. The predicted molar refractivity (Wildman–Crippen MR) is 111 cm³/mol. The molecule has 2 heterocycles. The van der Waals surface area contributed by atoms with E-state index in [0.717, 1.165) is 21.9 Å². The Kier molecular flexibility index (Phi) is 5.16. The lowest BCUT2D eigenvalue weighted by atomic mass is 10.1. The molecule has 142 valence electrons. The van der Waals surface area contributed by atoms with E-state index < -0.39 is 6.17 Å². The zero-order chi connectivity index (χ0) is 19.5. The van der Waals surface area contributed by atoms with Gasteiger partial charge in [0.05, 0.1) is 12.0 Å². The monoisotopic (exact) mass is 392 g/mol. The number of amides is 1. The fraction of sp³-hybridized carbons (Fsp3) is 0.190. The number of hydrogen-bond donors (Lipinski definition) is 1. The number of carbonyl (C=O) groups is 1. The molecule has 0 spiro atoms. The molecule has 2 aromatic carbocycles. The first kappa shape index (κ1) is 18.3. The van der Waals surface area contributed by atoms with Crippen molar-refractivity contribution in [2.75, 3.05) is 12.4 Å². The summed E-state index contributed by atoms with van der Waals surface area (Å²) in [6.45, 7) is 6.21. The standard InChI is InChI=1S/C21H20N4O2S/c1-3-13-28-21-23-20(26)18-14-9-5-7-11-16(14)22-19(25(18)24-21)15-10-6-8-12-17(15)27-4-2/h3,5-12,19H,1,4,13H2,2H3,(H,23,24,26). The SMILES string of the molecule is C=CCSC1=NN2C(=c3ccccc3=NC2c2ccccc2OCC)C(=O)N1. The van der Waals surface area contributed by atoms with Crippen molar-refractivity contribution in [3.8, 4) is 5.75 Å². The van der Waals surface area contributed by atoms with Crippen LogP contribution in [0, 0.1) is 0 Å². The molecule has 1 atom stereocenters. The number of amidine groups is 1. The van der Waals surface area contributed by atoms with Crippen molar-refractivity contribution in [3.63, 3.8) is 0 Å². The third-order valence-electron chi connectivity index (χ3n) is 4.35. The number of benzene rings is 2. The molecular weight excluding hydrogens is 372 g/mol. The lowest BCUT2D eigenvalue weighted by Crippen LogP contribution is -2.50. The van der Waals surface area contributed by atoms with Crippen LogP contribution in [-0.2, 0) is 4.79 Å². The van der Waals surface area contributed by atoms with Gasteiger partial charge in [0.15, 0.2) is 11.3 Å². The summed E-state index contributed by atoms with van der Waals surface area (Å²) in [5.41, 5.74) is 1.35. The molecule has 0 saturated heterocycles. The maximum absolute atomic E-state index is 13.0. The first-order valence-electron chi connectivity index (χ1n) is 9.04. The average Bonchev–Trinajstić information content (AvgIpc) is 2.72. The number of carbonyl (C=O) groups excluding carboxylic acids is 1. The van der Waals surface area contributed by atoms with Gasteiger partial charge in [-0.25, -0.2) is 5.01 Å². The van der Waals surface area contributed by atoms with Crippen LogP contribution in [-0.4, -0.2) is 28.4 Å². The van der Waals surface area contributed by atoms with Crippen LogP contribution in [0.1, 0.15) is 18.7 Å². The zero-order valence-corrected chi connectivity index (χ0v) is 16.3. The smallest absolute Gasteiger partial charge is 0.276 e. The van der Waals surface area contributed by atoms with E-state index in [1.807, 2.05) is 55.5 Å². The topological polar surface area (TPSA) is 66.3 Å². The molecule has 0 aliphatic carbocycles. The van der Waals surface area contributed by atoms with Crippen LogP contribution in [0.4, 0.5) is 0 Å². The second-order valence-corrected chi connectivity index (χ2v) is 7.15. The number of fused-ring (bicyclic) bond motifs is 2. The molecule has 2 aliphatic heterocycles. The molecule has 1 N–H and O–H groups in total. The largest absolute Gasteiger partial charge is 0.493 e.